The van der Waals surface area contributed by atoms with Crippen molar-refractivity contribution in [2.24, 2.45) is 5.41 Å². The van der Waals surface area contributed by atoms with Crippen LogP contribution in [-0.2, 0) is 6.42 Å². The van der Waals surface area contributed by atoms with Gasteiger partial charge in [-0.2, -0.15) is 5.26 Å². The summed E-state index contributed by atoms with van der Waals surface area (Å²) in [4.78, 5) is 2.36. The third-order valence-corrected chi connectivity index (χ3v) is 3.65. The van der Waals surface area contributed by atoms with Crippen LogP contribution in [-0.4, -0.2) is 13.1 Å². The molecule has 0 aliphatic carbocycles. The van der Waals surface area contributed by atoms with Crippen molar-refractivity contribution < 1.29 is 0 Å². The van der Waals surface area contributed by atoms with Crippen LogP contribution in [0.4, 0.5) is 11.4 Å². The number of para-hydroxylation sites is 1. The van der Waals surface area contributed by atoms with Crippen LogP contribution < -0.4 is 10.6 Å². The monoisotopic (exact) mass is 243 g/mol. The molecule has 0 saturated heterocycles. The SMILES string of the molecule is CC(C)(C#N)CCCN1CCc2cccc(N)c21. The summed E-state index contributed by atoms with van der Waals surface area (Å²) in [6.45, 7) is 6.04. The van der Waals surface area contributed by atoms with Crippen LogP contribution in [0.15, 0.2) is 18.2 Å². The highest BCUT2D eigenvalue weighted by molar-refractivity contribution is 5.74. The number of anilines is 2. The lowest BCUT2D eigenvalue weighted by atomic mass is 9.90. The molecule has 0 bridgehead atoms. The van der Waals surface area contributed by atoms with Gasteiger partial charge in [0, 0.05) is 13.1 Å². The van der Waals surface area contributed by atoms with Crippen molar-refractivity contribution in [1.82, 2.24) is 0 Å². The van der Waals surface area contributed by atoms with E-state index in [9.17, 15) is 0 Å². The third kappa shape index (κ3) is 2.59. The molecule has 0 radical (unpaired) electrons. The number of hydrogen-bond donors (Lipinski definition) is 1. The average Bonchev–Trinajstić information content (AvgIpc) is 2.74. The Morgan fingerprint density at radius 3 is 2.94 bits per heavy atom. The Morgan fingerprint density at radius 2 is 2.22 bits per heavy atom. The second-order valence-corrected chi connectivity index (χ2v) is 5.69. The molecule has 0 fully saturated rings. The van der Waals surface area contributed by atoms with E-state index in [1.165, 1.54) is 11.3 Å². The molecule has 1 aliphatic heterocycles. The number of rotatable bonds is 4. The van der Waals surface area contributed by atoms with E-state index >= 15 is 0 Å². The summed E-state index contributed by atoms with van der Waals surface area (Å²) in [6, 6.07) is 8.50. The summed E-state index contributed by atoms with van der Waals surface area (Å²) >= 11 is 0. The smallest absolute Gasteiger partial charge is 0.0683 e. The lowest BCUT2D eigenvalue weighted by Gasteiger charge is -2.23. The molecular weight excluding hydrogens is 222 g/mol. The van der Waals surface area contributed by atoms with Crippen LogP contribution >= 0.6 is 0 Å². The van der Waals surface area contributed by atoms with E-state index in [-0.39, 0.29) is 5.41 Å². The number of nitrogens with zero attached hydrogens (tertiary/aromatic N) is 2. The third-order valence-electron chi connectivity index (χ3n) is 3.65. The minimum atomic E-state index is -0.217. The Hall–Kier alpha value is -1.69. The molecule has 1 aromatic rings. The fraction of sp³-hybridized carbons (Fsp3) is 0.533. The first-order chi connectivity index (χ1) is 8.53. The van der Waals surface area contributed by atoms with Crippen molar-refractivity contribution in [2.75, 3.05) is 23.7 Å². The lowest BCUT2D eigenvalue weighted by molar-refractivity contribution is 0.435. The Kier molecular flexibility index (Phi) is 3.47. The fourth-order valence-electron chi connectivity index (χ4n) is 2.56. The Balaban J connectivity index is 1.97. The summed E-state index contributed by atoms with van der Waals surface area (Å²) in [5.74, 6) is 0. The van der Waals surface area contributed by atoms with Gasteiger partial charge in [-0.25, -0.2) is 0 Å². The van der Waals surface area contributed by atoms with Gasteiger partial charge in [0.05, 0.1) is 22.9 Å². The topological polar surface area (TPSA) is 53.0 Å². The van der Waals surface area contributed by atoms with Crippen molar-refractivity contribution in [3.8, 4) is 6.07 Å². The summed E-state index contributed by atoms with van der Waals surface area (Å²) in [5.41, 5.74) is 9.28. The van der Waals surface area contributed by atoms with Crippen molar-refractivity contribution in [3.63, 3.8) is 0 Å². The second kappa shape index (κ2) is 4.89. The molecule has 3 heteroatoms. The van der Waals surface area contributed by atoms with E-state index in [0.717, 1.165) is 38.0 Å². The van der Waals surface area contributed by atoms with Gasteiger partial charge in [0.15, 0.2) is 0 Å². The van der Waals surface area contributed by atoms with Gasteiger partial charge in [0.1, 0.15) is 0 Å². The number of hydrogen-bond acceptors (Lipinski definition) is 3. The molecular formula is C15H21N3. The molecule has 2 rings (SSSR count). The van der Waals surface area contributed by atoms with Crippen LogP contribution in [0.1, 0.15) is 32.3 Å². The molecule has 0 spiro atoms. The fourth-order valence-corrected chi connectivity index (χ4v) is 2.56. The molecule has 1 aromatic carbocycles. The van der Waals surface area contributed by atoms with Gasteiger partial charge < -0.3 is 10.6 Å². The number of fused-ring (bicyclic) bond motifs is 1. The zero-order chi connectivity index (χ0) is 13.2. The molecule has 0 amide bonds. The first kappa shape index (κ1) is 12.8. The van der Waals surface area contributed by atoms with E-state index in [1.807, 2.05) is 26.0 Å². The average molecular weight is 243 g/mol. The van der Waals surface area contributed by atoms with E-state index in [0.29, 0.717) is 0 Å². The standard InChI is InChI=1S/C15H21N3/c1-15(2,11-16)8-4-9-18-10-7-12-5-3-6-13(17)14(12)18/h3,5-6H,4,7-10,17H2,1-2H3. The van der Waals surface area contributed by atoms with E-state index < -0.39 is 0 Å². The van der Waals surface area contributed by atoms with Crippen LogP contribution in [0.3, 0.4) is 0 Å². The van der Waals surface area contributed by atoms with Gasteiger partial charge in [0.25, 0.3) is 0 Å². The Labute approximate surface area is 109 Å². The Bertz CT molecular complexity index is 471. The normalized spacial score (nSPS) is 14.4. The van der Waals surface area contributed by atoms with Crippen LogP contribution in [0, 0.1) is 16.7 Å². The number of benzene rings is 1. The van der Waals surface area contributed by atoms with E-state index in [4.69, 9.17) is 11.0 Å². The zero-order valence-corrected chi connectivity index (χ0v) is 11.2. The molecule has 1 heterocycles. The Morgan fingerprint density at radius 1 is 1.44 bits per heavy atom. The highest BCUT2D eigenvalue weighted by atomic mass is 15.2. The van der Waals surface area contributed by atoms with Gasteiger partial charge in [-0.05, 0) is 44.7 Å². The van der Waals surface area contributed by atoms with Crippen molar-refractivity contribution >= 4 is 11.4 Å². The molecule has 0 aromatic heterocycles. The summed E-state index contributed by atoms with van der Waals surface area (Å²) in [7, 11) is 0. The first-order valence-electron chi connectivity index (χ1n) is 6.57. The van der Waals surface area contributed by atoms with Gasteiger partial charge in [-0.1, -0.05) is 12.1 Å². The lowest BCUT2D eigenvalue weighted by Crippen LogP contribution is -2.24. The minimum absolute atomic E-state index is 0.217. The van der Waals surface area contributed by atoms with Gasteiger partial charge in [0.2, 0.25) is 0 Å². The predicted octanol–water partition coefficient (Wildman–Crippen LogP) is 2.96. The maximum absolute atomic E-state index is 9.00. The molecule has 0 atom stereocenters. The highest BCUT2D eigenvalue weighted by Gasteiger charge is 2.22. The molecule has 2 N–H and O–H groups in total. The number of nitrogens with two attached hydrogens (primary N) is 1. The maximum atomic E-state index is 9.00. The molecule has 18 heavy (non-hydrogen) atoms. The van der Waals surface area contributed by atoms with Crippen LogP contribution in [0.5, 0.6) is 0 Å². The molecule has 96 valence electrons. The summed E-state index contributed by atoms with van der Waals surface area (Å²) in [6.07, 6.45) is 3.05. The highest BCUT2D eigenvalue weighted by Crippen LogP contribution is 2.34. The van der Waals surface area contributed by atoms with E-state index in [2.05, 4.69) is 17.0 Å². The van der Waals surface area contributed by atoms with Crippen LogP contribution in [0.25, 0.3) is 0 Å². The summed E-state index contributed by atoms with van der Waals surface area (Å²) in [5, 5.41) is 9.00. The first-order valence-corrected chi connectivity index (χ1v) is 6.57. The second-order valence-electron chi connectivity index (χ2n) is 5.69. The van der Waals surface area contributed by atoms with Gasteiger partial charge in [-0.15, -0.1) is 0 Å². The molecule has 1 aliphatic rings. The predicted molar refractivity (Wildman–Crippen MR) is 75.4 cm³/mol. The van der Waals surface area contributed by atoms with E-state index in [1.54, 1.807) is 0 Å². The maximum Gasteiger partial charge on any atom is 0.0683 e. The number of nitrogen functional groups attached to an aromatic ring is 1. The van der Waals surface area contributed by atoms with Crippen molar-refractivity contribution in [2.45, 2.75) is 33.1 Å². The number of nitriles is 1. The molecule has 3 nitrogen and oxygen atoms in total. The zero-order valence-electron chi connectivity index (χ0n) is 11.2. The van der Waals surface area contributed by atoms with Crippen molar-refractivity contribution in [3.05, 3.63) is 23.8 Å². The minimum Gasteiger partial charge on any atom is -0.397 e. The van der Waals surface area contributed by atoms with Gasteiger partial charge >= 0.3 is 0 Å². The van der Waals surface area contributed by atoms with Crippen LogP contribution in [0.2, 0.25) is 0 Å². The van der Waals surface area contributed by atoms with Gasteiger partial charge in [-0.3, -0.25) is 0 Å². The largest absolute Gasteiger partial charge is 0.397 e. The summed E-state index contributed by atoms with van der Waals surface area (Å²) < 4.78 is 0. The van der Waals surface area contributed by atoms with Crippen molar-refractivity contribution in [1.29, 1.82) is 5.26 Å². The quantitative estimate of drug-likeness (QED) is 0.827. The molecule has 0 saturated carbocycles. The molecule has 0 unspecified atom stereocenters.